The highest BCUT2D eigenvalue weighted by Crippen LogP contribution is 2.17. The zero-order valence-electron chi connectivity index (χ0n) is 12.0. The van der Waals surface area contributed by atoms with Gasteiger partial charge in [-0.1, -0.05) is 6.07 Å². The number of hydrogen-bond donors (Lipinski definition) is 4. The molecule has 1 heterocycles. The fourth-order valence-corrected chi connectivity index (χ4v) is 2.34. The number of benzene rings is 1. The van der Waals surface area contributed by atoms with Crippen molar-refractivity contribution in [3.8, 4) is 0 Å². The average Bonchev–Trinajstić information content (AvgIpc) is 2.44. The number of rotatable bonds is 3. The van der Waals surface area contributed by atoms with E-state index in [1.54, 1.807) is 12.1 Å². The molecule has 0 fully saturated rings. The summed E-state index contributed by atoms with van der Waals surface area (Å²) in [5.74, 6) is -2.51. The lowest BCUT2D eigenvalue weighted by Crippen LogP contribution is -2.24. The lowest BCUT2D eigenvalue weighted by molar-refractivity contribution is -0.134. The molecule has 0 saturated heterocycles. The summed E-state index contributed by atoms with van der Waals surface area (Å²) in [5.41, 5.74) is 2.24. The summed E-state index contributed by atoms with van der Waals surface area (Å²) in [6.45, 7) is 1.67. The Morgan fingerprint density at radius 3 is 2.17 bits per heavy atom. The fourth-order valence-electron chi connectivity index (χ4n) is 1.78. The van der Waals surface area contributed by atoms with Crippen molar-refractivity contribution in [2.45, 2.75) is 17.9 Å². The second kappa shape index (κ2) is 9.00. The van der Waals surface area contributed by atoms with Gasteiger partial charge >= 0.3 is 11.9 Å². The Balaban J connectivity index is 0.000000469. The molecule has 0 aliphatic carbocycles. The molecular formula is C13H18N2O7S. The number of primary sulfonamides is 1. The van der Waals surface area contributed by atoms with Crippen LogP contribution < -0.4 is 10.5 Å². The van der Waals surface area contributed by atoms with Crippen LogP contribution in [0.1, 0.15) is 11.1 Å². The monoisotopic (exact) mass is 346 g/mol. The van der Waals surface area contributed by atoms with Gasteiger partial charge in [0.2, 0.25) is 10.0 Å². The first-order valence-corrected chi connectivity index (χ1v) is 7.74. The SMILES string of the molecule is NS(=O)(=O)c1ccc2c(c1)CNCC2.O.O=C(O)/C=C/C(=O)O. The van der Waals surface area contributed by atoms with Crippen LogP contribution in [0.25, 0.3) is 0 Å². The van der Waals surface area contributed by atoms with Gasteiger partial charge < -0.3 is 21.0 Å². The first-order valence-electron chi connectivity index (χ1n) is 6.19. The summed E-state index contributed by atoms with van der Waals surface area (Å²) in [5, 5.41) is 23.9. The molecule has 0 bridgehead atoms. The molecule has 23 heavy (non-hydrogen) atoms. The molecule has 0 radical (unpaired) electrons. The number of nitrogens with one attached hydrogen (secondary N) is 1. The van der Waals surface area contributed by atoms with Gasteiger partial charge in [0, 0.05) is 18.7 Å². The number of carboxylic acid groups (broad SMARTS) is 2. The predicted octanol–water partition coefficient (Wildman–Crippen LogP) is -1.13. The van der Waals surface area contributed by atoms with Gasteiger partial charge in [0.25, 0.3) is 0 Å². The molecule has 0 saturated carbocycles. The molecule has 1 aromatic carbocycles. The van der Waals surface area contributed by atoms with Crippen LogP contribution in [0.2, 0.25) is 0 Å². The molecule has 2 rings (SSSR count). The Labute approximate surface area is 132 Å². The van der Waals surface area contributed by atoms with E-state index in [-0.39, 0.29) is 10.4 Å². The Kier molecular flexibility index (Phi) is 8.11. The lowest BCUT2D eigenvalue weighted by Gasteiger charge is -2.17. The summed E-state index contributed by atoms with van der Waals surface area (Å²) in [6, 6.07) is 5.06. The van der Waals surface area contributed by atoms with Crippen LogP contribution in [0, 0.1) is 0 Å². The third-order valence-corrected chi connectivity index (χ3v) is 3.67. The number of fused-ring (bicyclic) bond motifs is 1. The minimum absolute atomic E-state index is 0. The van der Waals surface area contributed by atoms with Gasteiger partial charge in [0.05, 0.1) is 4.90 Å². The van der Waals surface area contributed by atoms with Crippen LogP contribution in [-0.2, 0) is 32.6 Å². The van der Waals surface area contributed by atoms with Crippen molar-refractivity contribution in [2.24, 2.45) is 5.14 Å². The quantitative estimate of drug-likeness (QED) is 0.500. The van der Waals surface area contributed by atoms with Crippen molar-refractivity contribution in [3.05, 3.63) is 41.5 Å². The van der Waals surface area contributed by atoms with E-state index in [1.807, 2.05) is 6.07 Å². The molecule has 0 amide bonds. The van der Waals surface area contributed by atoms with Gasteiger partial charge in [-0.25, -0.2) is 23.1 Å². The van der Waals surface area contributed by atoms with Crippen molar-refractivity contribution in [1.29, 1.82) is 0 Å². The van der Waals surface area contributed by atoms with Crippen molar-refractivity contribution >= 4 is 22.0 Å². The molecule has 0 atom stereocenters. The maximum Gasteiger partial charge on any atom is 0.328 e. The Bertz CT molecular complexity index is 682. The molecule has 1 aromatic rings. The van der Waals surface area contributed by atoms with Crippen molar-refractivity contribution in [2.75, 3.05) is 6.54 Å². The van der Waals surface area contributed by atoms with E-state index >= 15 is 0 Å². The van der Waals surface area contributed by atoms with Crippen molar-refractivity contribution < 1.29 is 33.7 Å². The van der Waals surface area contributed by atoms with Gasteiger partial charge in [-0.3, -0.25) is 0 Å². The molecule has 0 unspecified atom stereocenters. The summed E-state index contributed by atoms with van der Waals surface area (Å²) >= 11 is 0. The molecule has 7 N–H and O–H groups in total. The molecule has 10 heteroatoms. The number of carboxylic acids is 2. The van der Waals surface area contributed by atoms with Gasteiger partial charge in [-0.15, -0.1) is 0 Å². The molecule has 1 aliphatic rings. The highest BCUT2D eigenvalue weighted by molar-refractivity contribution is 7.89. The second-order valence-electron chi connectivity index (χ2n) is 4.41. The summed E-state index contributed by atoms with van der Waals surface area (Å²) in [4.78, 5) is 19.3. The minimum atomic E-state index is -3.56. The lowest BCUT2D eigenvalue weighted by atomic mass is 10.0. The van der Waals surface area contributed by atoms with Crippen LogP contribution in [-0.4, -0.2) is 42.6 Å². The zero-order chi connectivity index (χ0) is 16.8. The van der Waals surface area contributed by atoms with Crippen LogP contribution in [0.5, 0.6) is 0 Å². The molecule has 128 valence electrons. The van der Waals surface area contributed by atoms with Crippen molar-refractivity contribution in [3.63, 3.8) is 0 Å². The molecule has 0 aromatic heterocycles. The highest BCUT2D eigenvalue weighted by atomic mass is 32.2. The summed E-state index contributed by atoms with van der Waals surface area (Å²) in [7, 11) is -3.56. The van der Waals surface area contributed by atoms with Gasteiger partial charge in [-0.05, 0) is 36.2 Å². The van der Waals surface area contributed by atoms with E-state index in [0.717, 1.165) is 25.1 Å². The first kappa shape index (κ1) is 20.7. The van der Waals surface area contributed by atoms with Gasteiger partial charge in [0.15, 0.2) is 0 Å². The molecule has 0 spiro atoms. The number of carbonyl (C=O) groups is 2. The summed E-state index contributed by atoms with van der Waals surface area (Å²) in [6.07, 6.45) is 2.06. The second-order valence-corrected chi connectivity index (χ2v) is 5.97. The average molecular weight is 346 g/mol. The van der Waals surface area contributed by atoms with Gasteiger partial charge in [0.1, 0.15) is 0 Å². The topological polar surface area (TPSA) is 178 Å². The Morgan fingerprint density at radius 2 is 1.70 bits per heavy atom. The molecule has 9 nitrogen and oxygen atoms in total. The van der Waals surface area contributed by atoms with E-state index in [9.17, 15) is 18.0 Å². The zero-order valence-corrected chi connectivity index (χ0v) is 12.8. The number of sulfonamides is 1. The third kappa shape index (κ3) is 7.51. The highest BCUT2D eigenvalue weighted by Gasteiger charge is 2.13. The predicted molar refractivity (Wildman–Crippen MR) is 81.3 cm³/mol. The van der Waals surface area contributed by atoms with Gasteiger partial charge in [-0.2, -0.15) is 0 Å². The van der Waals surface area contributed by atoms with Crippen LogP contribution in [0.15, 0.2) is 35.2 Å². The number of nitrogens with two attached hydrogens (primary N) is 1. The van der Waals surface area contributed by atoms with E-state index in [4.69, 9.17) is 15.4 Å². The first-order chi connectivity index (χ1) is 10.2. The van der Waals surface area contributed by atoms with Crippen LogP contribution in [0.3, 0.4) is 0 Å². The normalized spacial score (nSPS) is 13.3. The molecule has 1 aliphatic heterocycles. The number of aliphatic carboxylic acids is 2. The fraction of sp³-hybridized carbons (Fsp3) is 0.231. The van der Waals surface area contributed by atoms with E-state index < -0.39 is 22.0 Å². The smallest absolute Gasteiger partial charge is 0.328 e. The Morgan fingerprint density at radius 1 is 1.13 bits per heavy atom. The third-order valence-electron chi connectivity index (χ3n) is 2.76. The van der Waals surface area contributed by atoms with E-state index in [1.165, 1.54) is 5.56 Å². The van der Waals surface area contributed by atoms with E-state index in [0.29, 0.717) is 12.2 Å². The van der Waals surface area contributed by atoms with Crippen LogP contribution >= 0.6 is 0 Å². The maximum absolute atomic E-state index is 11.1. The van der Waals surface area contributed by atoms with Crippen LogP contribution in [0.4, 0.5) is 0 Å². The van der Waals surface area contributed by atoms with E-state index in [2.05, 4.69) is 5.32 Å². The summed E-state index contributed by atoms with van der Waals surface area (Å²) < 4.78 is 22.2. The number of hydrogen-bond acceptors (Lipinski definition) is 5. The minimum Gasteiger partial charge on any atom is -0.478 e. The standard InChI is InChI=1S/C9H12N2O2S.C4H4O4.H2O/c10-14(12,13)9-2-1-7-3-4-11-6-8(7)5-9;5-3(6)1-2-4(7)8;/h1-2,5,11H,3-4,6H2,(H2,10,12,13);1-2H,(H,5,6)(H,7,8);1H2/b;2-1+;. The molecular weight excluding hydrogens is 328 g/mol. The Hall–Kier alpha value is -2.27. The maximum atomic E-state index is 11.1. The largest absolute Gasteiger partial charge is 0.478 e. The van der Waals surface area contributed by atoms with Crippen molar-refractivity contribution in [1.82, 2.24) is 5.32 Å².